The molecule has 0 saturated carbocycles. The zero-order valence-corrected chi connectivity index (χ0v) is 6.80. The lowest BCUT2D eigenvalue weighted by Gasteiger charge is -2.01. The number of carbonyl (C=O) groups is 1. The third-order valence-corrected chi connectivity index (χ3v) is 1.32. The van der Waals surface area contributed by atoms with Crippen molar-refractivity contribution >= 4 is 5.97 Å². The standard InChI is InChI=1S/C8H9NO4/c10-3-4-13-7-2-1-6(5-9-7)8(11)12/h1-2,5,10H,3-4H2,(H,11,12). The second-order valence-corrected chi connectivity index (χ2v) is 2.26. The van der Waals surface area contributed by atoms with Gasteiger partial charge in [-0.1, -0.05) is 0 Å². The number of aliphatic hydroxyl groups excluding tert-OH is 1. The number of hydrogen-bond acceptors (Lipinski definition) is 4. The molecule has 0 radical (unpaired) electrons. The highest BCUT2D eigenvalue weighted by atomic mass is 16.5. The minimum Gasteiger partial charge on any atom is -0.478 e. The Morgan fingerprint density at radius 3 is 2.77 bits per heavy atom. The molecule has 1 rings (SSSR count). The van der Waals surface area contributed by atoms with Gasteiger partial charge in [0, 0.05) is 12.3 Å². The fourth-order valence-corrected chi connectivity index (χ4v) is 0.742. The van der Waals surface area contributed by atoms with E-state index in [1.54, 1.807) is 0 Å². The van der Waals surface area contributed by atoms with E-state index in [1.807, 2.05) is 0 Å². The zero-order chi connectivity index (χ0) is 9.68. The predicted octanol–water partition coefficient (Wildman–Crippen LogP) is 0.151. The maximum atomic E-state index is 10.4. The lowest BCUT2D eigenvalue weighted by molar-refractivity contribution is 0.0696. The lowest BCUT2D eigenvalue weighted by atomic mass is 10.3. The Kier molecular flexibility index (Phi) is 3.22. The highest BCUT2D eigenvalue weighted by Gasteiger charge is 2.02. The molecule has 0 unspecified atom stereocenters. The van der Waals surface area contributed by atoms with Crippen molar-refractivity contribution in [2.24, 2.45) is 0 Å². The number of ether oxygens (including phenoxy) is 1. The van der Waals surface area contributed by atoms with Crippen LogP contribution in [0.2, 0.25) is 0 Å². The number of aromatic nitrogens is 1. The summed E-state index contributed by atoms with van der Waals surface area (Å²) in [5.41, 5.74) is 0.108. The summed E-state index contributed by atoms with van der Waals surface area (Å²) in [4.78, 5) is 14.1. The highest BCUT2D eigenvalue weighted by Crippen LogP contribution is 2.06. The summed E-state index contributed by atoms with van der Waals surface area (Å²) >= 11 is 0. The van der Waals surface area contributed by atoms with Crippen molar-refractivity contribution in [3.05, 3.63) is 23.9 Å². The predicted molar refractivity (Wildman–Crippen MR) is 43.8 cm³/mol. The molecule has 1 aromatic heterocycles. The fourth-order valence-electron chi connectivity index (χ4n) is 0.742. The van der Waals surface area contributed by atoms with Gasteiger partial charge < -0.3 is 14.9 Å². The fraction of sp³-hybridized carbons (Fsp3) is 0.250. The largest absolute Gasteiger partial charge is 0.478 e. The number of rotatable bonds is 4. The van der Waals surface area contributed by atoms with Crippen LogP contribution in [-0.4, -0.2) is 34.4 Å². The van der Waals surface area contributed by atoms with Crippen LogP contribution in [0.15, 0.2) is 18.3 Å². The summed E-state index contributed by atoms with van der Waals surface area (Å²) in [6.45, 7) is 0.0573. The maximum absolute atomic E-state index is 10.4. The molecule has 0 spiro atoms. The first-order chi connectivity index (χ1) is 6.24. The van der Waals surface area contributed by atoms with Crippen molar-refractivity contribution in [3.8, 4) is 5.88 Å². The minimum atomic E-state index is -1.03. The van der Waals surface area contributed by atoms with E-state index in [1.165, 1.54) is 18.3 Å². The quantitative estimate of drug-likeness (QED) is 0.694. The monoisotopic (exact) mass is 183 g/mol. The van der Waals surface area contributed by atoms with Crippen LogP contribution in [0.3, 0.4) is 0 Å². The molecule has 0 aliphatic heterocycles. The van der Waals surface area contributed by atoms with Crippen LogP contribution in [-0.2, 0) is 0 Å². The maximum Gasteiger partial charge on any atom is 0.337 e. The van der Waals surface area contributed by atoms with E-state index < -0.39 is 5.97 Å². The Labute approximate surface area is 74.6 Å². The summed E-state index contributed by atoms with van der Waals surface area (Å²) in [6.07, 6.45) is 1.20. The molecule has 5 nitrogen and oxygen atoms in total. The Morgan fingerprint density at radius 2 is 2.31 bits per heavy atom. The summed E-state index contributed by atoms with van der Waals surface area (Å²) in [5.74, 6) is -0.722. The van der Waals surface area contributed by atoms with E-state index in [-0.39, 0.29) is 18.8 Å². The van der Waals surface area contributed by atoms with Gasteiger partial charge in [0.05, 0.1) is 12.2 Å². The minimum absolute atomic E-state index is 0.0949. The summed E-state index contributed by atoms with van der Waals surface area (Å²) < 4.78 is 4.94. The Hall–Kier alpha value is -1.62. The van der Waals surface area contributed by atoms with Gasteiger partial charge in [0.1, 0.15) is 6.61 Å². The number of carboxylic acids is 1. The normalized spacial score (nSPS) is 9.62. The average Bonchev–Trinajstić information content (AvgIpc) is 2.15. The van der Waals surface area contributed by atoms with Crippen molar-refractivity contribution in [2.45, 2.75) is 0 Å². The van der Waals surface area contributed by atoms with E-state index in [0.29, 0.717) is 5.88 Å². The van der Waals surface area contributed by atoms with E-state index in [9.17, 15) is 4.79 Å². The highest BCUT2D eigenvalue weighted by molar-refractivity contribution is 5.87. The molecular formula is C8H9NO4. The number of carboxylic acid groups (broad SMARTS) is 1. The molecule has 5 heteroatoms. The van der Waals surface area contributed by atoms with Crippen molar-refractivity contribution in [1.82, 2.24) is 4.98 Å². The molecule has 2 N–H and O–H groups in total. The van der Waals surface area contributed by atoms with Crippen LogP contribution in [0.5, 0.6) is 5.88 Å². The van der Waals surface area contributed by atoms with Crippen LogP contribution in [0.25, 0.3) is 0 Å². The Morgan fingerprint density at radius 1 is 1.54 bits per heavy atom. The van der Waals surface area contributed by atoms with E-state index in [4.69, 9.17) is 14.9 Å². The summed E-state index contributed by atoms with van der Waals surface area (Å²) in [6, 6.07) is 2.83. The first-order valence-electron chi connectivity index (χ1n) is 3.67. The van der Waals surface area contributed by atoms with Crippen LogP contribution >= 0.6 is 0 Å². The van der Waals surface area contributed by atoms with Gasteiger partial charge in [-0.25, -0.2) is 9.78 Å². The van der Waals surface area contributed by atoms with Gasteiger partial charge in [-0.05, 0) is 6.07 Å². The van der Waals surface area contributed by atoms with Crippen molar-refractivity contribution in [2.75, 3.05) is 13.2 Å². The summed E-state index contributed by atoms with van der Waals surface area (Å²) in [7, 11) is 0. The molecule has 0 aliphatic carbocycles. The van der Waals surface area contributed by atoms with Gasteiger partial charge in [-0.15, -0.1) is 0 Å². The van der Waals surface area contributed by atoms with Crippen molar-refractivity contribution in [3.63, 3.8) is 0 Å². The molecule has 1 heterocycles. The van der Waals surface area contributed by atoms with Crippen LogP contribution < -0.4 is 4.74 Å². The van der Waals surface area contributed by atoms with Gasteiger partial charge >= 0.3 is 5.97 Å². The number of nitrogens with zero attached hydrogens (tertiary/aromatic N) is 1. The molecule has 0 bridgehead atoms. The molecule has 13 heavy (non-hydrogen) atoms. The van der Waals surface area contributed by atoms with Crippen molar-refractivity contribution in [1.29, 1.82) is 0 Å². The van der Waals surface area contributed by atoms with Gasteiger partial charge in [0.2, 0.25) is 5.88 Å². The van der Waals surface area contributed by atoms with Gasteiger partial charge in [-0.2, -0.15) is 0 Å². The van der Waals surface area contributed by atoms with Gasteiger partial charge in [0.25, 0.3) is 0 Å². The number of aliphatic hydroxyl groups is 1. The third kappa shape index (κ3) is 2.72. The van der Waals surface area contributed by atoms with Crippen molar-refractivity contribution < 1.29 is 19.7 Å². The number of aromatic carboxylic acids is 1. The van der Waals surface area contributed by atoms with Gasteiger partial charge in [0.15, 0.2) is 0 Å². The van der Waals surface area contributed by atoms with Crippen LogP contribution in [0.4, 0.5) is 0 Å². The topological polar surface area (TPSA) is 79.7 Å². The van der Waals surface area contributed by atoms with E-state index >= 15 is 0 Å². The Balaban J connectivity index is 2.64. The molecule has 0 aromatic carbocycles. The first-order valence-corrected chi connectivity index (χ1v) is 3.67. The molecular weight excluding hydrogens is 174 g/mol. The molecule has 0 atom stereocenters. The second kappa shape index (κ2) is 4.42. The second-order valence-electron chi connectivity index (χ2n) is 2.26. The third-order valence-electron chi connectivity index (χ3n) is 1.32. The molecule has 1 aromatic rings. The van der Waals surface area contributed by atoms with Gasteiger partial charge in [-0.3, -0.25) is 0 Å². The molecule has 0 fully saturated rings. The number of hydrogen-bond donors (Lipinski definition) is 2. The molecule has 0 saturated heterocycles. The molecule has 0 amide bonds. The average molecular weight is 183 g/mol. The smallest absolute Gasteiger partial charge is 0.337 e. The van der Waals surface area contributed by atoms with Crippen LogP contribution in [0, 0.1) is 0 Å². The Bertz CT molecular complexity index is 283. The summed E-state index contributed by atoms with van der Waals surface area (Å²) in [5, 5.41) is 17.0. The first kappa shape index (κ1) is 9.47. The molecule has 0 aliphatic rings. The lowest BCUT2D eigenvalue weighted by Crippen LogP contribution is -2.04. The number of pyridine rings is 1. The SMILES string of the molecule is O=C(O)c1ccc(OCCO)nc1. The van der Waals surface area contributed by atoms with E-state index in [2.05, 4.69) is 4.98 Å². The zero-order valence-electron chi connectivity index (χ0n) is 6.80. The van der Waals surface area contributed by atoms with E-state index in [0.717, 1.165) is 0 Å². The molecule has 70 valence electrons. The van der Waals surface area contributed by atoms with Crippen LogP contribution in [0.1, 0.15) is 10.4 Å².